The number of fused-ring (bicyclic) bond motifs is 1. The van der Waals surface area contributed by atoms with E-state index < -0.39 is 0 Å². The molecule has 0 aliphatic heterocycles. The number of benzene rings is 1. The Balaban J connectivity index is 1.64. The zero-order valence-electron chi connectivity index (χ0n) is 10.9. The molecule has 0 saturated carbocycles. The van der Waals surface area contributed by atoms with Gasteiger partial charge < -0.3 is 9.84 Å². The van der Waals surface area contributed by atoms with Gasteiger partial charge in [-0.1, -0.05) is 17.3 Å². The van der Waals surface area contributed by atoms with E-state index in [1.54, 1.807) is 6.92 Å². The predicted molar refractivity (Wildman–Crippen MR) is 72.1 cm³/mol. The highest BCUT2D eigenvalue weighted by Gasteiger charge is 2.11. The van der Waals surface area contributed by atoms with Gasteiger partial charge in [-0.2, -0.15) is 10.1 Å². The lowest BCUT2D eigenvalue weighted by atomic mass is 10.2. The summed E-state index contributed by atoms with van der Waals surface area (Å²) in [6.07, 6.45) is 0.678. The summed E-state index contributed by atoms with van der Waals surface area (Å²) in [5, 5.41) is 14.3. The van der Waals surface area contributed by atoms with E-state index in [1.165, 1.54) is 0 Å². The van der Waals surface area contributed by atoms with Crippen LogP contribution in [-0.4, -0.2) is 26.2 Å². The summed E-state index contributed by atoms with van der Waals surface area (Å²) in [6, 6.07) is 7.60. The first-order chi connectivity index (χ1) is 9.72. The lowest BCUT2D eigenvalue weighted by molar-refractivity contribution is -0.116. The number of aromatic nitrogens is 4. The van der Waals surface area contributed by atoms with Crippen LogP contribution in [0.2, 0.25) is 0 Å². The second-order valence-corrected chi connectivity index (χ2v) is 4.40. The summed E-state index contributed by atoms with van der Waals surface area (Å²) in [4.78, 5) is 15.9. The number of H-pyrrole nitrogens is 1. The molecule has 7 heteroatoms. The van der Waals surface area contributed by atoms with Crippen molar-refractivity contribution in [2.75, 3.05) is 5.32 Å². The first kappa shape index (κ1) is 12.3. The molecule has 2 N–H and O–H groups in total. The SMILES string of the molecule is Cc1noc(CCC(=O)Nc2n[nH]c3ccccc23)n1. The molecular weight excluding hydrogens is 258 g/mol. The van der Waals surface area contributed by atoms with Crippen molar-refractivity contribution in [3.05, 3.63) is 36.0 Å². The van der Waals surface area contributed by atoms with Crippen molar-refractivity contribution in [2.45, 2.75) is 19.8 Å². The number of rotatable bonds is 4. The molecule has 102 valence electrons. The van der Waals surface area contributed by atoms with Crippen LogP contribution in [-0.2, 0) is 11.2 Å². The van der Waals surface area contributed by atoms with Gasteiger partial charge in [0.1, 0.15) is 0 Å². The Kier molecular flexibility index (Phi) is 3.16. The van der Waals surface area contributed by atoms with Crippen LogP contribution in [0.4, 0.5) is 5.82 Å². The molecule has 0 spiro atoms. The van der Waals surface area contributed by atoms with Gasteiger partial charge in [0.05, 0.1) is 5.52 Å². The summed E-state index contributed by atoms with van der Waals surface area (Å²) in [7, 11) is 0. The fourth-order valence-electron chi connectivity index (χ4n) is 1.92. The van der Waals surface area contributed by atoms with Crippen molar-refractivity contribution < 1.29 is 9.32 Å². The number of anilines is 1. The van der Waals surface area contributed by atoms with Gasteiger partial charge in [0.2, 0.25) is 11.8 Å². The van der Waals surface area contributed by atoms with Gasteiger partial charge in [-0.25, -0.2) is 0 Å². The maximum absolute atomic E-state index is 11.9. The van der Waals surface area contributed by atoms with Crippen LogP contribution < -0.4 is 5.32 Å². The Hall–Kier alpha value is -2.70. The topological polar surface area (TPSA) is 96.7 Å². The average Bonchev–Trinajstić information content (AvgIpc) is 3.04. The van der Waals surface area contributed by atoms with Gasteiger partial charge in [0.25, 0.3) is 0 Å². The van der Waals surface area contributed by atoms with E-state index in [-0.39, 0.29) is 12.3 Å². The number of nitrogens with one attached hydrogen (secondary N) is 2. The lowest BCUT2D eigenvalue weighted by Gasteiger charge is -2.00. The van der Waals surface area contributed by atoms with Crippen LogP contribution in [0.3, 0.4) is 0 Å². The van der Waals surface area contributed by atoms with Gasteiger partial charge in [-0.05, 0) is 19.1 Å². The van der Waals surface area contributed by atoms with Gasteiger partial charge >= 0.3 is 0 Å². The maximum Gasteiger partial charge on any atom is 0.227 e. The summed E-state index contributed by atoms with van der Waals surface area (Å²) in [5.74, 6) is 1.42. The van der Waals surface area contributed by atoms with E-state index in [2.05, 4.69) is 25.7 Å². The molecule has 1 amide bonds. The number of hydrogen-bond acceptors (Lipinski definition) is 5. The van der Waals surface area contributed by atoms with E-state index in [0.29, 0.717) is 24.0 Å². The number of aryl methyl sites for hydroxylation is 2. The summed E-state index contributed by atoms with van der Waals surface area (Å²) < 4.78 is 4.96. The molecule has 2 heterocycles. The van der Waals surface area contributed by atoms with Crippen LogP contribution in [0, 0.1) is 6.92 Å². The molecule has 2 aromatic heterocycles. The quantitative estimate of drug-likeness (QED) is 0.754. The molecule has 0 unspecified atom stereocenters. The minimum atomic E-state index is -0.141. The number of aromatic amines is 1. The van der Waals surface area contributed by atoms with Gasteiger partial charge in [0.15, 0.2) is 11.6 Å². The zero-order valence-corrected chi connectivity index (χ0v) is 10.9. The van der Waals surface area contributed by atoms with E-state index in [1.807, 2.05) is 24.3 Å². The molecule has 0 atom stereocenters. The third kappa shape index (κ3) is 2.51. The van der Waals surface area contributed by atoms with E-state index >= 15 is 0 Å². The van der Waals surface area contributed by atoms with Crippen molar-refractivity contribution in [1.82, 2.24) is 20.3 Å². The second kappa shape index (κ2) is 5.12. The van der Waals surface area contributed by atoms with Crippen molar-refractivity contribution in [3.63, 3.8) is 0 Å². The smallest absolute Gasteiger partial charge is 0.227 e. The van der Waals surface area contributed by atoms with Gasteiger partial charge in [-0.3, -0.25) is 9.89 Å². The molecule has 0 bridgehead atoms. The highest BCUT2D eigenvalue weighted by atomic mass is 16.5. The van der Waals surface area contributed by atoms with Crippen molar-refractivity contribution in [1.29, 1.82) is 0 Å². The van der Waals surface area contributed by atoms with Crippen molar-refractivity contribution in [3.8, 4) is 0 Å². The second-order valence-electron chi connectivity index (χ2n) is 4.40. The molecule has 3 rings (SSSR count). The molecule has 3 aromatic rings. The highest BCUT2D eigenvalue weighted by molar-refractivity contribution is 5.99. The Bertz CT molecular complexity index is 746. The van der Waals surface area contributed by atoms with Crippen molar-refractivity contribution >= 4 is 22.6 Å². The van der Waals surface area contributed by atoms with E-state index in [0.717, 1.165) is 10.9 Å². The number of amides is 1. The molecule has 1 aromatic carbocycles. The summed E-state index contributed by atoms with van der Waals surface area (Å²) in [6.45, 7) is 1.74. The summed E-state index contributed by atoms with van der Waals surface area (Å²) in [5.41, 5.74) is 0.885. The molecule has 0 aliphatic rings. The van der Waals surface area contributed by atoms with E-state index in [9.17, 15) is 4.79 Å². The van der Waals surface area contributed by atoms with Crippen LogP contribution >= 0.6 is 0 Å². The molecule has 0 saturated heterocycles. The highest BCUT2D eigenvalue weighted by Crippen LogP contribution is 2.19. The monoisotopic (exact) mass is 271 g/mol. The third-order valence-electron chi connectivity index (χ3n) is 2.86. The molecule has 7 nitrogen and oxygen atoms in total. The number of carbonyl (C=O) groups is 1. The number of nitrogens with zero attached hydrogens (tertiary/aromatic N) is 3. The Morgan fingerprint density at radius 3 is 3.05 bits per heavy atom. The number of para-hydroxylation sites is 1. The number of carbonyl (C=O) groups excluding carboxylic acids is 1. The minimum absolute atomic E-state index is 0.141. The van der Waals surface area contributed by atoms with Crippen LogP contribution in [0.5, 0.6) is 0 Å². The predicted octanol–water partition coefficient (Wildman–Crippen LogP) is 1.83. The van der Waals surface area contributed by atoms with Gasteiger partial charge in [0, 0.05) is 18.2 Å². The van der Waals surface area contributed by atoms with Crippen LogP contribution in [0.1, 0.15) is 18.1 Å². The number of hydrogen-bond donors (Lipinski definition) is 2. The molecule has 0 radical (unpaired) electrons. The molecule has 0 fully saturated rings. The van der Waals surface area contributed by atoms with E-state index in [4.69, 9.17) is 4.52 Å². The Labute approximate surface area is 114 Å². The molecule has 0 aliphatic carbocycles. The largest absolute Gasteiger partial charge is 0.339 e. The molecular formula is C13H13N5O2. The third-order valence-corrected chi connectivity index (χ3v) is 2.86. The normalized spacial score (nSPS) is 10.8. The van der Waals surface area contributed by atoms with Crippen molar-refractivity contribution in [2.24, 2.45) is 0 Å². The molecule has 20 heavy (non-hydrogen) atoms. The lowest BCUT2D eigenvalue weighted by Crippen LogP contribution is -2.13. The first-order valence-electron chi connectivity index (χ1n) is 6.24. The fraction of sp³-hybridized carbons (Fsp3) is 0.231. The Morgan fingerprint density at radius 2 is 2.25 bits per heavy atom. The van der Waals surface area contributed by atoms with Gasteiger partial charge in [-0.15, -0.1) is 0 Å². The fourth-order valence-corrected chi connectivity index (χ4v) is 1.92. The summed E-state index contributed by atoms with van der Waals surface area (Å²) >= 11 is 0. The zero-order chi connectivity index (χ0) is 13.9. The standard InChI is InChI=1S/C13H13N5O2/c1-8-14-12(20-18-8)7-6-11(19)15-13-9-4-2-3-5-10(9)16-17-13/h2-5H,6-7H2,1H3,(H2,15,16,17,19). The van der Waals surface area contributed by atoms with Crippen LogP contribution in [0.25, 0.3) is 10.9 Å². The first-order valence-corrected chi connectivity index (χ1v) is 6.24. The minimum Gasteiger partial charge on any atom is -0.339 e. The maximum atomic E-state index is 11.9. The average molecular weight is 271 g/mol. The van der Waals surface area contributed by atoms with Crippen LogP contribution in [0.15, 0.2) is 28.8 Å². The Morgan fingerprint density at radius 1 is 1.40 bits per heavy atom.